The monoisotopic (exact) mass is 781 g/mol. The number of phenols is 1. The van der Waals surface area contributed by atoms with Crippen molar-refractivity contribution in [2.75, 3.05) is 58.3 Å². The average molecular weight is 782 g/mol. The molecule has 0 bridgehead atoms. The number of halogens is 1. The molecule has 2 aromatic carbocycles. The number of unbranched alkanes of at least 4 members (excludes halogenated alkanes) is 1. The largest absolute Gasteiger partial charge is 0.508 e. The number of ether oxygens (including phenoxy) is 2. The van der Waals surface area contributed by atoms with E-state index < -0.39 is 101 Å². The number of hydrogen-bond acceptors (Lipinski definition) is 14. The van der Waals surface area contributed by atoms with Gasteiger partial charge in [0.25, 0.3) is 5.91 Å². The molecule has 5 rings (SSSR count). The van der Waals surface area contributed by atoms with Crippen LogP contribution in [0.15, 0.2) is 47.2 Å². The molecule has 0 heterocycles. The molecule has 3 aliphatic carbocycles. The van der Waals surface area contributed by atoms with E-state index in [1.54, 1.807) is 19.0 Å². The molecule has 7 N–H and O–H groups in total. The number of rotatable bonds is 12. The number of carbonyl (C=O) groups excluding carboxylic acids is 6. The van der Waals surface area contributed by atoms with Gasteiger partial charge in [-0.15, -0.1) is 0 Å². The van der Waals surface area contributed by atoms with Crippen LogP contribution in [0.4, 0.5) is 20.6 Å². The lowest BCUT2D eigenvalue weighted by molar-refractivity contribution is -0.153. The summed E-state index contributed by atoms with van der Waals surface area (Å²) in [6.45, 7) is 0.531. The first-order valence-corrected chi connectivity index (χ1v) is 17.7. The van der Waals surface area contributed by atoms with E-state index in [1.165, 1.54) is 37.2 Å². The zero-order chi connectivity index (χ0) is 41.4. The Morgan fingerprint density at radius 3 is 2.29 bits per heavy atom. The van der Waals surface area contributed by atoms with Gasteiger partial charge in [-0.3, -0.25) is 29.0 Å². The smallest absolute Gasteiger partial charge is 0.413 e. The molecule has 1 saturated carbocycles. The van der Waals surface area contributed by atoms with Gasteiger partial charge in [0.1, 0.15) is 35.2 Å². The minimum atomic E-state index is -2.83. The van der Waals surface area contributed by atoms with Crippen molar-refractivity contribution < 1.29 is 63.1 Å². The van der Waals surface area contributed by atoms with Crippen LogP contribution >= 0.6 is 0 Å². The number of aromatic hydroxyl groups is 1. The summed E-state index contributed by atoms with van der Waals surface area (Å²) in [5, 5.41) is 48.9. The maximum atomic E-state index is 14.3. The van der Waals surface area contributed by atoms with Gasteiger partial charge in [0.15, 0.2) is 11.4 Å². The fraction of sp³-hybridized carbons (Fsp3) is 0.421. The van der Waals surface area contributed by atoms with Crippen LogP contribution < -0.4 is 16.0 Å². The Balaban J connectivity index is 1.43. The van der Waals surface area contributed by atoms with Crippen molar-refractivity contribution in [3.05, 3.63) is 69.7 Å². The van der Waals surface area contributed by atoms with Crippen LogP contribution in [0.1, 0.15) is 47.7 Å². The third-order valence-electron chi connectivity index (χ3n) is 10.3. The minimum Gasteiger partial charge on any atom is -0.508 e. The predicted molar refractivity (Wildman–Crippen MR) is 197 cm³/mol. The average Bonchev–Trinajstić information content (AvgIpc) is 3.12. The summed E-state index contributed by atoms with van der Waals surface area (Å²) in [7, 11) is 6.35. The zero-order valence-corrected chi connectivity index (χ0v) is 31.4. The fourth-order valence-corrected chi connectivity index (χ4v) is 7.63. The molecular weight excluding hydrogens is 737 g/mol. The van der Waals surface area contributed by atoms with Crippen LogP contribution in [0.5, 0.6) is 5.75 Å². The summed E-state index contributed by atoms with van der Waals surface area (Å²) in [5.74, 6) is -10.3. The number of ketones is 2. The van der Waals surface area contributed by atoms with E-state index in [-0.39, 0.29) is 41.8 Å². The molecule has 2 aromatic rings. The summed E-state index contributed by atoms with van der Waals surface area (Å²) in [6.07, 6.45) is 0.0167. The third-order valence-corrected chi connectivity index (χ3v) is 10.3. The molecule has 3 amide bonds. The highest BCUT2D eigenvalue weighted by Gasteiger charge is 2.64. The van der Waals surface area contributed by atoms with E-state index in [0.717, 1.165) is 17.0 Å². The number of benzene rings is 2. The first-order valence-electron chi connectivity index (χ1n) is 17.7. The van der Waals surface area contributed by atoms with Crippen molar-refractivity contribution in [2.24, 2.45) is 17.6 Å². The Labute approximate surface area is 320 Å². The molecule has 0 aromatic heterocycles. The Bertz CT molecular complexity index is 2050. The van der Waals surface area contributed by atoms with Crippen molar-refractivity contribution in [1.82, 2.24) is 9.80 Å². The molecule has 0 saturated heterocycles. The normalized spacial score (nSPS) is 21.5. The van der Waals surface area contributed by atoms with Crippen LogP contribution in [-0.2, 0) is 35.1 Å². The number of Topliss-reactive ketones (excluding diaryl/α,β-unsaturated/α-hetero) is 2. The number of carbonyl (C=O) groups is 6. The van der Waals surface area contributed by atoms with Crippen LogP contribution in [0, 0.1) is 17.7 Å². The Morgan fingerprint density at radius 1 is 1.04 bits per heavy atom. The van der Waals surface area contributed by atoms with Gasteiger partial charge in [-0.2, -0.15) is 0 Å². The Kier molecular flexibility index (Phi) is 11.8. The molecule has 0 aliphatic heterocycles. The number of aliphatic hydroxyl groups excluding tert-OH is 2. The number of nitrogens with zero attached hydrogens (tertiary/aromatic N) is 3. The highest BCUT2D eigenvalue weighted by molar-refractivity contribution is 6.24. The maximum absolute atomic E-state index is 14.3. The van der Waals surface area contributed by atoms with E-state index in [0.29, 0.717) is 24.1 Å². The Hall–Kier alpha value is -6.01. The SMILES string of the molecule is CCCCN(CC(=O)Nc1cc(N(C)C)c2c(c1O)C(O)=C1C(=O)[C@]3(O)C(O)=C(C(N)=O)C(=O)[C@@H](N(C)C)C3CC1C2)C(=O)OCOC(=O)c1ccc(F)cc1. The van der Waals surface area contributed by atoms with E-state index in [9.17, 15) is 53.6 Å². The van der Waals surface area contributed by atoms with Crippen molar-refractivity contribution in [3.8, 4) is 5.75 Å². The summed E-state index contributed by atoms with van der Waals surface area (Å²) in [4.78, 5) is 82.6. The van der Waals surface area contributed by atoms with Gasteiger partial charge >= 0.3 is 12.1 Å². The molecular formula is C38H44FN5O12. The molecule has 17 nitrogen and oxygen atoms in total. The molecule has 1 fully saturated rings. The van der Waals surface area contributed by atoms with Gasteiger partial charge in [-0.25, -0.2) is 14.0 Å². The quantitative estimate of drug-likeness (QED) is 0.0782. The molecule has 0 spiro atoms. The second-order valence-electron chi connectivity index (χ2n) is 14.3. The standard InChI is InChI=1S/C38H44FN5O12/c1-6-7-12-44(37(53)56-17-55-36(52)18-8-10-20(39)11-9-18)16-25(45)41-23-15-24(42(2)3)21-13-19-14-22-29(43(4)5)32(48)28(35(40)51)34(50)38(22,54)33(49)26(19)31(47)27(21)30(23)46/h8-11,15,19,22,29,46-47,50,54H,6-7,12-14,16-17H2,1-5H3,(H2,40,51)(H,41,45)/t19?,22?,29-,38-/m0/s1. The number of esters is 1. The number of likely N-dealkylation sites (N-methyl/N-ethyl adjacent to an activating group) is 1. The predicted octanol–water partition coefficient (Wildman–Crippen LogP) is 2.16. The first kappa shape index (κ1) is 41.2. The molecule has 3 aliphatic rings. The lowest BCUT2D eigenvalue weighted by Crippen LogP contribution is -2.65. The number of nitrogens with one attached hydrogen (secondary N) is 1. The third kappa shape index (κ3) is 7.36. The minimum absolute atomic E-state index is 0.0200. The van der Waals surface area contributed by atoms with Gasteiger partial charge in [0.05, 0.1) is 22.9 Å². The van der Waals surface area contributed by atoms with Crippen molar-refractivity contribution >= 4 is 52.6 Å². The second-order valence-corrected chi connectivity index (χ2v) is 14.3. The number of hydrogen-bond donors (Lipinski definition) is 6. The van der Waals surface area contributed by atoms with Gasteiger partial charge in [-0.05, 0) is 75.2 Å². The highest BCUT2D eigenvalue weighted by atomic mass is 19.1. The molecule has 4 atom stereocenters. The van der Waals surface area contributed by atoms with Gasteiger partial charge in [0.2, 0.25) is 18.5 Å². The summed E-state index contributed by atoms with van der Waals surface area (Å²) in [5.41, 5.74) is 1.63. The lowest BCUT2D eigenvalue weighted by atomic mass is 9.57. The van der Waals surface area contributed by atoms with Crippen molar-refractivity contribution in [1.29, 1.82) is 0 Å². The Morgan fingerprint density at radius 2 is 1.70 bits per heavy atom. The van der Waals surface area contributed by atoms with Gasteiger partial charge < -0.3 is 45.9 Å². The maximum Gasteiger partial charge on any atom is 0.413 e. The van der Waals surface area contributed by atoms with Gasteiger partial charge in [0, 0.05) is 37.8 Å². The van der Waals surface area contributed by atoms with Crippen LogP contribution in [0.3, 0.4) is 0 Å². The zero-order valence-electron chi connectivity index (χ0n) is 31.4. The molecule has 56 heavy (non-hydrogen) atoms. The fourth-order valence-electron chi connectivity index (χ4n) is 7.63. The molecule has 300 valence electrons. The number of phenolic OH excluding ortho intramolecular Hbond substituents is 1. The highest BCUT2D eigenvalue weighted by Crippen LogP contribution is 2.54. The van der Waals surface area contributed by atoms with Crippen LogP contribution in [0.25, 0.3) is 5.76 Å². The van der Waals surface area contributed by atoms with E-state index in [4.69, 9.17) is 15.2 Å². The van der Waals surface area contributed by atoms with Crippen molar-refractivity contribution in [3.63, 3.8) is 0 Å². The summed E-state index contributed by atoms with van der Waals surface area (Å²) >= 11 is 0. The lowest BCUT2D eigenvalue weighted by Gasteiger charge is -2.50. The number of nitrogens with two attached hydrogens (primary N) is 1. The second kappa shape index (κ2) is 16.0. The van der Waals surface area contributed by atoms with Crippen LogP contribution in [0.2, 0.25) is 0 Å². The number of aliphatic hydroxyl groups is 3. The first-order chi connectivity index (χ1) is 26.3. The van der Waals surface area contributed by atoms with Crippen LogP contribution in [-0.4, -0.2) is 125 Å². The molecule has 2 unspecified atom stereocenters. The number of fused-ring (bicyclic) bond motifs is 3. The summed E-state index contributed by atoms with van der Waals surface area (Å²) < 4.78 is 23.2. The molecule has 0 radical (unpaired) electrons. The number of primary amides is 1. The summed E-state index contributed by atoms with van der Waals surface area (Å²) in [6, 6.07) is 4.71. The number of amides is 3. The van der Waals surface area contributed by atoms with Gasteiger partial charge in [-0.1, -0.05) is 13.3 Å². The van der Waals surface area contributed by atoms with E-state index in [2.05, 4.69) is 5.32 Å². The topological polar surface area (TPSA) is 250 Å². The van der Waals surface area contributed by atoms with E-state index in [1.807, 2.05) is 6.92 Å². The van der Waals surface area contributed by atoms with Crippen molar-refractivity contribution in [2.45, 2.75) is 44.2 Å². The number of anilines is 2. The molecule has 18 heteroatoms. The van der Waals surface area contributed by atoms with E-state index >= 15 is 0 Å².